The minimum atomic E-state index is 0.746. The van der Waals surface area contributed by atoms with Gasteiger partial charge in [-0.25, -0.2) is 9.97 Å². The Labute approximate surface area is 178 Å². The lowest BCUT2D eigenvalue weighted by atomic mass is 10.3. The summed E-state index contributed by atoms with van der Waals surface area (Å²) in [5, 5.41) is 0. The molecule has 0 amide bonds. The number of aromatic nitrogens is 4. The molecule has 0 atom stereocenters. The van der Waals surface area contributed by atoms with Crippen LogP contribution in [0.5, 0.6) is 11.5 Å². The maximum absolute atomic E-state index is 6.16. The van der Waals surface area contributed by atoms with E-state index in [2.05, 4.69) is 21.0 Å². The van der Waals surface area contributed by atoms with Crippen LogP contribution in [0.15, 0.2) is 72.8 Å². The van der Waals surface area contributed by atoms with Gasteiger partial charge in [0, 0.05) is 22.6 Å². The Bertz CT molecular complexity index is 1510. The number of ether oxygens (including phenoxy) is 1. The lowest BCUT2D eigenvalue weighted by Crippen LogP contribution is -1.82. The maximum atomic E-state index is 6.16. The summed E-state index contributed by atoms with van der Waals surface area (Å²) in [5.74, 6) is 1.53. The molecule has 0 saturated carbocycles. The molecule has 6 rings (SSSR count). The van der Waals surface area contributed by atoms with Crippen LogP contribution in [0.1, 0.15) is 22.8 Å². The molecule has 5 heterocycles. The number of fused-ring (bicyclic) bond motifs is 8. The second kappa shape index (κ2) is 7.15. The van der Waals surface area contributed by atoms with Crippen molar-refractivity contribution in [3.8, 4) is 11.5 Å². The minimum Gasteiger partial charge on any atom is -0.455 e. The predicted molar refractivity (Wildman–Crippen MR) is 125 cm³/mol. The van der Waals surface area contributed by atoms with Crippen LogP contribution in [0.4, 0.5) is 0 Å². The summed E-state index contributed by atoms with van der Waals surface area (Å²) in [7, 11) is 0. The molecule has 0 aliphatic carbocycles. The summed E-state index contributed by atoms with van der Waals surface area (Å²) < 4.78 is 6.16. The lowest BCUT2D eigenvalue weighted by Gasteiger charge is -2.02. The number of aromatic amines is 2. The Morgan fingerprint density at radius 2 is 1.19 bits per heavy atom. The van der Waals surface area contributed by atoms with E-state index in [0.717, 1.165) is 56.3 Å². The van der Waals surface area contributed by atoms with E-state index in [0.29, 0.717) is 0 Å². The Balaban J connectivity index is 1.60. The zero-order valence-corrected chi connectivity index (χ0v) is 16.5. The first kappa shape index (κ1) is 17.5. The van der Waals surface area contributed by atoms with Crippen LogP contribution in [-0.2, 0) is 0 Å². The number of para-hydroxylation sites is 1. The Morgan fingerprint density at radius 3 is 1.94 bits per heavy atom. The molecule has 1 aromatic carbocycles. The third-order valence-electron chi connectivity index (χ3n) is 5.10. The summed E-state index contributed by atoms with van der Waals surface area (Å²) in [5.41, 5.74) is 7.30. The average Bonchev–Trinajstić information content (AvgIpc) is 3.55. The van der Waals surface area contributed by atoms with Crippen LogP contribution in [0.3, 0.4) is 0 Å². The zero-order chi connectivity index (χ0) is 20.6. The Hall–Kier alpha value is -4.38. The second-order valence-electron chi connectivity index (χ2n) is 7.45. The Morgan fingerprint density at radius 1 is 0.548 bits per heavy atom. The van der Waals surface area contributed by atoms with Gasteiger partial charge in [-0.3, -0.25) is 0 Å². The monoisotopic (exact) mass is 402 g/mol. The molecular formula is C26H18N4O. The van der Waals surface area contributed by atoms with Crippen molar-refractivity contribution >= 4 is 46.4 Å². The van der Waals surface area contributed by atoms with E-state index in [-0.39, 0.29) is 0 Å². The number of hydrogen-bond acceptors (Lipinski definition) is 3. The summed E-state index contributed by atoms with van der Waals surface area (Å²) in [6.45, 7) is 0. The number of nitrogens with zero attached hydrogens (tertiary/aromatic N) is 2. The fourth-order valence-corrected chi connectivity index (χ4v) is 3.69. The van der Waals surface area contributed by atoms with Gasteiger partial charge in [-0.2, -0.15) is 0 Å². The lowest BCUT2D eigenvalue weighted by molar-refractivity contribution is 0.489. The molecule has 2 aliphatic rings. The van der Waals surface area contributed by atoms with E-state index in [1.165, 1.54) is 0 Å². The van der Waals surface area contributed by atoms with E-state index in [9.17, 15) is 0 Å². The molecule has 4 aromatic rings. The summed E-state index contributed by atoms with van der Waals surface area (Å²) in [4.78, 5) is 16.2. The highest BCUT2D eigenvalue weighted by molar-refractivity contribution is 5.79. The third kappa shape index (κ3) is 3.65. The van der Waals surface area contributed by atoms with Gasteiger partial charge in [0.25, 0.3) is 0 Å². The van der Waals surface area contributed by atoms with E-state index in [4.69, 9.17) is 9.72 Å². The van der Waals surface area contributed by atoms with Crippen molar-refractivity contribution in [2.75, 3.05) is 0 Å². The van der Waals surface area contributed by atoms with Gasteiger partial charge in [-0.1, -0.05) is 18.2 Å². The zero-order valence-electron chi connectivity index (χ0n) is 16.5. The summed E-state index contributed by atoms with van der Waals surface area (Å²) in [6, 6.07) is 23.9. The van der Waals surface area contributed by atoms with Crippen LogP contribution >= 0.6 is 0 Å². The average molecular weight is 402 g/mol. The van der Waals surface area contributed by atoms with Gasteiger partial charge < -0.3 is 14.7 Å². The molecule has 148 valence electrons. The highest BCUT2D eigenvalue weighted by Crippen LogP contribution is 2.28. The molecule has 0 radical (unpaired) electrons. The molecule has 5 nitrogen and oxygen atoms in total. The van der Waals surface area contributed by atoms with Gasteiger partial charge in [0.05, 0.1) is 28.3 Å². The van der Waals surface area contributed by atoms with E-state index in [1.54, 1.807) is 0 Å². The number of rotatable bonds is 2. The van der Waals surface area contributed by atoms with Crippen molar-refractivity contribution in [3.63, 3.8) is 0 Å². The van der Waals surface area contributed by atoms with Crippen LogP contribution in [-0.4, -0.2) is 19.9 Å². The smallest absolute Gasteiger partial charge is 0.153 e. The molecular weight excluding hydrogens is 384 g/mol. The molecule has 0 unspecified atom stereocenters. The predicted octanol–water partition coefficient (Wildman–Crippen LogP) is 6.45. The van der Waals surface area contributed by atoms with Crippen LogP contribution in [0.25, 0.3) is 46.4 Å². The molecule has 3 aromatic heterocycles. The second-order valence-corrected chi connectivity index (χ2v) is 7.45. The molecule has 5 heteroatoms. The maximum Gasteiger partial charge on any atom is 0.153 e. The molecule has 0 saturated heterocycles. The van der Waals surface area contributed by atoms with Crippen molar-refractivity contribution in [2.24, 2.45) is 0 Å². The van der Waals surface area contributed by atoms with Crippen molar-refractivity contribution < 1.29 is 4.74 Å². The molecule has 31 heavy (non-hydrogen) atoms. The molecule has 8 bridgehead atoms. The van der Waals surface area contributed by atoms with Gasteiger partial charge >= 0.3 is 0 Å². The number of nitrogens with one attached hydrogen (secondary N) is 2. The van der Waals surface area contributed by atoms with Gasteiger partial charge in [0.1, 0.15) is 5.75 Å². The van der Waals surface area contributed by atoms with E-state index in [1.807, 2.05) is 91.0 Å². The van der Waals surface area contributed by atoms with Gasteiger partial charge in [0.2, 0.25) is 0 Å². The first-order valence-corrected chi connectivity index (χ1v) is 10.1. The van der Waals surface area contributed by atoms with Crippen LogP contribution in [0, 0.1) is 0 Å². The van der Waals surface area contributed by atoms with Crippen LogP contribution < -0.4 is 4.74 Å². The number of hydrogen-bond donors (Lipinski definition) is 2. The minimum absolute atomic E-state index is 0.746. The van der Waals surface area contributed by atoms with Crippen molar-refractivity contribution in [1.29, 1.82) is 0 Å². The van der Waals surface area contributed by atoms with Crippen LogP contribution in [0.2, 0.25) is 0 Å². The first-order chi connectivity index (χ1) is 15.3. The molecule has 2 aliphatic heterocycles. The van der Waals surface area contributed by atoms with Crippen molar-refractivity contribution in [2.45, 2.75) is 0 Å². The Kier molecular flexibility index (Phi) is 4.03. The SMILES string of the molecule is C1=Cc2cc3ccc(cc4cc(Oc5ccccc5)c(cc5nc(cc1n2)C=C5)[nH]4)[nH]3. The highest BCUT2D eigenvalue weighted by Gasteiger charge is 2.07. The van der Waals surface area contributed by atoms with Crippen molar-refractivity contribution in [3.05, 3.63) is 95.6 Å². The quantitative estimate of drug-likeness (QED) is 0.350. The number of benzene rings is 1. The van der Waals surface area contributed by atoms with E-state index < -0.39 is 0 Å². The normalized spacial score (nSPS) is 12.3. The summed E-state index contributed by atoms with van der Waals surface area (Å²) >= 11 is 0. The topological polar surface area (TPSA) is 66.6 Å². The largest absolute Gasteiger partial charge is 0.455 e. The first-order valence-electron chi connectivity index (χ1n) is 10.1. The fraction of sp³-hybridized carbons (Fsp3) is 0. The van der Waals surface area contributed by atoms with E-state index >= 15 is 0 Å². The molecule has 2 N–H and O–H groups in total. The van der Waals surface area contributed by atoms with Gasteiger partial charge in [-0.05, 0) is 72.8 Å². The molecule has 0 fully saturated rings. The van der Waals surface area contributed by atoms with Gasteiger partial charge in [-0.15, -0.1) is 0 Å². The fourth-order valence-electron chi connectivity index (χ4n) is 3.69. The molecule has 0 spiro atoms. The van der Waals surface area contributed by atoms with Crippen molar-refractivity contribution in [1.82, 2.24) is 19.9 Å². The number of H-pyrrole nitrogens is 2. The highest BCUT2D eigenvalue weighted by atomic mass is 16.5. The summed E-state index contributed by atoms with van der Waals surface area (Å²) in [6.07, 6.45) is 7.99. The standard InChI is InChI=1S/C26H18N4O/c1-2-4-24(5-3-1)31-26-16-23-14-21-9-8-19(28-21)12-17-6-7-18(27-17)13-20-10-11-22(29-20)15-25(26)30-23/h1-16,28,30H. The van der Waals surface area contributed by atoms with Gasteiger partial charge in [0.15, 0.2) is 5.75 Å². The third-order valence-corrected chi connectivity index (χ3v) is 5.10.